The summed E-state index contributed by atoms with van der Waals surface area (Å²) in [6.45, 7) is 2.95. The van der Waals surface area contributed by atoms with Crippen molar-refractivity contribution in [1.29, 1.82) is 0 Å². The number of nitrogens with zero attached hydrogens (tertiary/aromatic N) is 3. The fourth-order valence-electron chi connectivity index (χ4n) is 5.06. The summed E-state index contributed by atoms with van der Waals surface area (Å²) >= 11 is 12.1. The van der Waals surface area contributed by atoms with Crippen molar-refractivity contribution in [1.82, 2.24) is 14.8 Å². The predicted molar refractivity (Wildman–Crippen MR) is 129 cm³/mol. The van der Waals surface area contributed by atoms with Gasteiger partial charge in [-0.05, 0) is 55.0 Å². The van der Waals surface area contributed by atoms with Gasteiger partial charge in [0.1, 0.15) is 17.5 Å². The maximum Gasteiger partial charge on any atom is 0.254 e. The number of fused-ring (bicyclic) bond motifs is 1. The van der Waals surface area contributed by atoms with Gasteiger partial charge in [0.25, 0.3) is 11.8 Å². The second-order valence-corrected chi connectivity index (χ2v) is 9.95. The molecule has 0 bridgehead atoms. The topological polar surface area (TPSA) is 72.0 Å². The van der Waals surface area contributed by atoms with Crippen LogP contribution >= 0.6 is 23.2 Å². The van der Waals surface area contributed by atoms with Gasteiger partial charge in [-0.25, -0.2) is 4.98 Å². The molecule has 4 heterocycles. The number of carbonyl (C=O) groups excluding carboxylic acids is 2. The molecule has 3 aliphatic rings. The Morgan fingerprint density at radius 2 is 1.76 bits per heavy atom. The first-order chi connectivity index (χ1) is 16.4. The molecule has 0 atom stereocenters. The first-order valence-corrected chi connectivity index (χ1v) is 12.0. The molecule has 9 heteroatoms. The van der Waals surface area contributed by atoms with Crippen LogP contribution in [0.5, 0.6) is 11.6 Å². The Balaban J connectivity index is 1.22. The molecule has 0 N–H and O–H groups in total. The Morgan fingerprint density at radius 3 is 2.50 bits per heavy atom. The molecular formula is C25H25Cl2N3O4. The number of rotatable bonds is 3. The zero-order valence-corrected chi connectivity index (χ0v) is 20.4. The van der Waals surface area contributed by atoms with Crippen molar-refractivity contribution >= 4 is 41.1 Å². The van der Waals surface area contributed by atoms with Crippen LogP contribution in [0.4, 0.5) is 0 Å². The van der Waals surface area contributed by atoms with Crippen LogP contribution in [-0.4, -0.2) is 66.5 Å². The normalized spacial score (nSPS) is 18.9. The van der Waals surface area contributed by atoms with E-state index < -0.39 is 0 Å². The summed E-state index contributed by atoms with van der Waals surface area (Å²) in [6.07, 6.45) is 4.53. The van der Waals surface area contributed by atoms with E-state index in [-0.39, 0.29) is 29.0 Å². The van der Waals surface area contributed by atoms with Crippen LogP contribution < -0.4 is 9.47 Å². The maximum atomic E-state index is 13.2. The number of carbonyl (C=O) groups is 2. The maximum absolute atomic E-state index is 13.2. The number of hydrogen-bond acceptors (Lipinski definition) is 5. The Bertz CT molecular complexity index is 1170. The van der Waals surface area contributed by atoms with E-state index in [0.717, 1.165) is 30.6 Å². The predicted octanol–water partition coefficient (Wildman–Crippen LogP) is 4.33. The molecule has 0 aliphatic carbocycles. The lowest BCUT2D eigenvalue weighted by Gasteiger charge is -2.39. The van der Waals surface area contributed by atoms with Gasteiger partial charge in [-0.1, -0.05) is 23.2 Å². The highest BCUT2D eigenvalue weighted by molar-refractivity contribution is 6.30. The first kappa shape index (κ1) is 23.0. The number of benzene rings is 1. The van der Waals surface area contributed by atoms with Crippen LogP contribution in [0.25, 0.3) is 6.08 Å². The molecule has 0 unspecified atom stereocenters. The molecule has 7 nitrogen and oxygen atoms in total. The molecule has 178 valence electrons. The second kappa shape index (κ2) is 9.12. The van der Waals surface area contributed by atoms with Crippen LogP contribution in [0.2, 0.25) is 10.2 Å². The SMILES string of the molecule is COc1cc(C(=O)N2CCC3(CCN(C(=O)C4=Cc5cc(Cl)ccc5OC4)C3)CC2)cc(Cl)n1. The van der Waals surface area contributed by atoms with Gasteiger partial charge in [0.15, 0.2) is 0 Å². The number of methoxy groups -OCH3 is 1. The first-order valence-electron chi connectivity index (χ1n) is 11.3. The monoisotopic (exact) mass is 501 g/mol. The van der Waals surface area contributed by atoms with Crippen molar-refractivity contribution in [3.8, 4) is 11.6 Å². The number of halogens is 2. The highest BCUT2D eigenvalue weighted by atomic mass is 35.5. The summed E-state index contributed by atoms with van der Waals surface area (Å²) in [6, 6.07) is 8.60. The second-order valence-electron chi connectivity index (χ2n) is 9.13. The molecule has 1 aromatic heterocycles. The number of hydrogen-bond donors (Lipinski definition) is 0. The lowest BCUT2D eigenvalue weighted by atomic mass is 9.77. The van der Waals surface area contributed by atoms with Gasteiger partial charge < -0.3 is 19.3 Å². The fraction of sp³-hybridized carbons (Fsp3) is 0.400. The van der Waals surface area contributed by atoms with Crippen molar-refractivity contribution in [2.45, 2.75) is 19.3 Å². The summed E-state index contributed by atoms with van der Waals surface area (Å²) in [5, 5.41) is 0.841. The van der Waals surface area contributed by atoms with Crippen LogP contribution in [0, 0.1) is 5.41 Å². The van der Waals surface area contributed by atoms with Gasteiger partial charge in [-0.15, -0.1) is 0 Å². The third-order valence-corrected chi connectivity index (χ3v) is 7.45. The number of pyridine rings is 1. The molecule has 2 amide bonds. The van der Waals surface area contributed by atoms with E-state index in [1.54, 1.807) is 18.2 Å². The summed E-state index contributed by atoms with van der Waals surface area (Å²) in [5.41, 5.74) is 1.98. The summed E-state index contributed by atoms with van der Waals surface area (Å²) in [5.74, 6) is 0.994. The number of aromatic nitrogens is 1. The van der Waals surface area contributed by atoms with Crippen molar-refractivity contribution in [2.24, 2.45) is 5.41 Å². The highest BCUT2D eigenvalue weighted by Gasteiger charge is 2.43. The van der Waals surface area contributed by atoms with E-state index in [2.05, 4.69) is 4.98 Å². The minimum Gasteiger partial charge on any atom is -0.488 e. The molecule has 3 aliphatic heterocycles. The zero-order chi connectivity index (χ0) is 23.9. The van der Waals surface area contributed by atoms with Crippen LogP contribution in [0.15, 0.2) is 35.9 Å². The van der Waals surface area contributed by atoms with Gasteiger partial charge in [0.05, 0.1) is 12.7 Å². The zero-order valence-electron chi connectivity index (χ0n) is 18.9. The molecule has 0 saturated carbocycles. The average Bonchev–Trinajstić information content (AvgIpc) is 3.26. The molecule has 5 rings (SSSR count). The number of piperidine rings is 1. The summed E-state index contributed by atoms with van der Waals surface area (Å²) in [7, 11) is 1.49. The Labute approximate surface area is 208 Å². The van der Waals surface area contributed by atoms with Gasteiger partial charge in [-0.3, -0.25) is 9.59 Å². The largest absolute Gasteiger partial charge is 0.488 e. The van der Waals surface area contributed by atoms with Gasteiger partial charge in [0.2, 0.25) is 5.88 Å². The van der Waals surface area contributed by atoms with Crippen LogP contribution in [-0.2, 0) is 4.79 Å². The summed E-state index contributed by atoms with van der Waals surface area (Å²) in [4.78, 5) is 34.0. The van der Waals surface area contributed by atoms with Crippen LogP contribution in [0.1, 0.15) is 35.2 Å². The number of ether oxygens (including phenoxy) is 2. The van der Waals surface area contributed by atoms with Crippen LogP contribution in [0.3, 0.4) is 0 Å². The van der Waals surface area contributed by atoms with Gasteiger partial charge >= 0.3 is 0 Å². The Hall–Kier alpha value is -2.77. The molecule has 1 spiro atoms. The van der Waals surface area contributed by atoms with Crippen molar-refractivity contribution in [3.63, 3.8) is 0 Å². The average molecular weight is 502 g/mol. The number of amides is 2. The lowest BCUT2D eigenvalue weighted by Crippen LogP contribution is -2.45. The Morgan fingerprint density at radius 1 is 1.03 bits per heavy atom. The van der Waals surface area contributed by atoms with E-state index in [1.807, 2.05) is 28.0 Å². The van der Waals surface area contributed by atoms with Crippen molar-refractivity contribution in [2.75, 3.05) is 39.9 Å². The highest BCUT2D eigenvalue weighted by Crippen LogP contribution is 2.41. The molecule has 2 fully saturated rings. The fourth-order valence-corrected chi connectivity index (χ4v) is 5.44. The third-order valence-electron chi connectivity index (χ3n) is 7.02. The van der Waals surface area contributed by atoms with Gasteiger partial charge in [-0.2, -0.15) is 0 Å². The lowest BCUT2D eigenvalue weighted by molar-refractivity contribution is -0.127. The Kier molecular flexibility index (Phi) is 6.16. The van der Waals surface area contributed by atoms with E-state index in [4.69, 9.17) is 32.7 Å². The minimum absolute atomic E-state index is 0.0135. The molecule has 34 heavy (non-hydrogen) atoms. The standard InChI is InChI=1S/C25H25Cl2N3O4/c1-33-22-13-17(12-21(27)28-22)23(31)29-7-4-25(5-8-29)6-9-30(15-25)24(32)18-10-16-11-19(26)2-3-20(16)34-14-18/h2-3,10-13H,4-9,14-15H2,1H3. The smallest absolute Gasteiger partial charge is 0.254 e. The molecule has 0 radical (unpaired) electrons. The minimum atomic E-state index is -0.0785. The molecule has 2 saturated heterocycles. The third kappa shape index (κ3) is 4.46. The van der Waals surface area contributed by atoms with Gasteiger partial charge in [0, 0.05) is 48.4 Å². The van der Waals surface area contributed by atoms with Crippen molar-refractivity contribution in [3.05, 3.63) is 57.2 Å². The number of likely N-dealkylation sites (tertiary alicyclic amines) is 2. The van der Waals surface area contributed by atoms with Crippen molar-refractivity contribution < 1.29 is 19.1 Å². The van der Waals surface area contributed by atoms with E-state index in [1.165, 1.54) is 7.11 Å². The van der Waals surface area contributed by atoms with E-state index in [9.17, 15) is 9.59 Å². The molecule has 1 aromatic carbocycles. The molecular weight excluding hydrogens is 477 g/mol. The summed E-state index contributed by atoms with van der Waals surface area (Å²) < 4.78 is 10.9. The molecule has 2 aromatic rings. The van der Waals surface area contributed by atoms with E-state index >= 15 is 0 Å². The quantitative estimate of drug-likeness (QED) is 0.585. The van der Waals surface area contributed by atoms with E-state index in [0.29, 0.717) is 48.2 Å².